The lowest BCUT2D eigenvalue weighted by Crippen LogP contribution is -2.30. The first-order chi connectivity index (χ1) is 13.1. The van der Waals surface area contributed by atoms with Crippen LogP contribution in [0, 0.1) is 11.7 Å². The zero-order valence-corrected chi connectivity index (χ0v) is 16.9. The molecule has 0 spiro atoms. The first-order valence-corrected chi connectivity index (χ1v) is 10.5. The minimum Gasteiger partial charge on any atom is -0.335 e. The Bertz CT molecular complexity index is 990. The number of aromatic nitrogens is 3. The third-order valence-electron chi connectivity index (χ3n) is 5.03. The van der Waals surface area contributed by atoms with E-state index in [1.807, 2.05) is 21.6 Å². The maximum absolute atomic E-state index is 12.9. The predicted molar refractivity (Wildman–Crippen MR) is 110 cm³/mol. The third-order valence-corrected chi connectivity index (χ3v) is 6.31. The standard InChI is InChI=1S/C20H22N4OS2/c1-14-5-2-6-15(13-14)19-21-22-20(26)24(19)11-9-18(25)23-10-3-7-16(23)17-8-4-12-27-17/h2,4-6,8,12-13,16H,3,7,9-11H2,1H3,(H,22,26). The van der Waals surface area contributed by atoms with Gasteiger partial charge in [0.25, 0.3) is 0 Å². The molecule has 4 rings (SSSR count). The molecule has 1 amide bonds. The minimum atomic E-state index is 0.184. The Balaban J connectivity index is 1.50. The van der Waals surface area contributed by atoms with Gasteiger partial charge in [0, 0.05) is 30.0 Å². The summed E-state index contributed by atoms with van der Waals surface area (Å²) in [6.07, 6.45) is 2.54. The maximum atomic E-state index is 12.9. The fraction of sp³-hybridized carbons (Fsp3) is 0.350. The van der Waals surface area contributed by atoms with E-state index in [0.29, 0.717) is 17.7 Å². The number of likely N-dealkylation sites (tertiary alicyclic amines) is 1. The highest BCUT2D eigenvalue weighted by atomic mass is 32.1. The van der Waals surface area contributed by atoms with Crippen molar-refractivity contribution in [1.29, 1.82) is 0 Å². The van der Waals surface area contributed by atoms with E-state index in [-0.39, 0.29) is 11.9 Å². The first-order valence-electron chi connectivity index (χ1n) is 9.18. The SMILES string of the molecule is Cc1cccc(-c2n[nH]c(=S)n2CCC(=O)N2CCCC2c2cccs2)c1. The van der Waals surface area contributed by atoms with Gasteiger partial charge < -0.3 is 4.90 Å². The average Bonchev–Trinajstić information content (AvgIpc) is 3.40. The zero-order chi connectivity index (χ0) is 18.8. The molecule has 1 fully saturated rings. The van der Waals surface area contributed by atoms with Crippen LogP contribution in [-0.2, 0) is 11.3 Å². The van der Waals surface area contributed by atoms with Crippen molar-refractivity contribution in [2.45, 2.75) is 38.8 Å². The third kappa shape index (κ3) is 3.75. The highest BCUT2D eigenvalue weighted by Gasteiger charge is 2.30. The van der Waals surface area contributed by atoms with E-state index >= 15 is 0 Å². The molecule has 1 unspecified atom stereocenters. The lowest BCUT2D eigenvalue weighted by Gasteiger charge is -2.24. The van der Waals surface area contributed by atoms with Gasteiger partial charge in [0.2, 0.25) is 5.91 Å². The predicted octanol–water partition coefficient (Wildman–Crippen LogP) is 4.73. The van der Waals surface area contributed by atoms with Crippen molar-refractivity contribution < 1.29 is 4.79 Å². The van der Waals surface area contributed by atoms with Crippen LogP contribution in [0.3, 0.4) is 0 Å². The monoisotopic (exact) mass is 398 g/mol. The zero-order valence-electron chi connectivity index (χ0n) is 15.2. The van der Waals surface area contributed by atoms with E-state index in [0.717, 1.165) is 30.8 Å². The number of carbonyl (C=O) groups is 1. The molecular weight excluding hydrogens is 376 g/mol. The summed E-state index contributed by atoms with van der Waals surface area (Å²) in [5.74, 6) is 0.969. The minimum absolute atomic E-state index is 0.184. The molecule has 1 saturated heterocycles. The smallest absolute Gasteiger partial charge is 0.224 e. The Kier molecular flexibility index (Phi) is 5.22. The molecule has 0 radical (unpaired) electrons. The van der Waals surface area contributed by atoms with Gasteiger partial charge in [-0.2, -0.15) is 5.10 Å². The summed E-state index contributed by atoms with van der Waals surface area (Å²) in [5.41, 5.74) is 2.17. The second-order valence-corrected chi connectivity index (χ2v) is 8.25. The fourth-order valence-electron chi connectivity index (χ4n) is 3.72. The van der Waals surface area contributed by atoms with Gasteiger partial charge in [-0.15, -0.1) is 11.3 Å². The molecule has 1 aliphatic rings. The summed E-state index contributed by atoms with van der Waals surface area (Å²) >= 11 is 7.13. The summed E-state index contributed by atoms with van der Waals surface area (Å²) in [4.78, 5) is 16.2. The Morgan fingerprint density at radius 1 is 1.37 bits per heavy atom. The molecule has 1 N–H and O–H groups in total. The van der Waals surface area contributed by atoms with Gasteiger partial charge >= 0.3 is 0 Å². The second-order valence-electron chi connectivity index (χ2n) is 6.88. The van der Waals surface area contributed by atoms with Crippen LogP contribution in [0.5, 0.6) is 0 Å². The molecular formula is C20H22N4OS2. The van der Waals surface area contributed by atoms with Crippen LogP contribution < -0.4 is 0 Å². The van der Waals surface area contributed by atoms with Crippen LogP contribution in [0.25, 0.3) is 11.4 Å². The van der Waals surface area contributed by atoms with E-state index in [2.05, 4.69) is 46.8 Å². The number of hydrogen-bond acceptors (Lipinski definition) is 4. The molecule has 3 aromatic rings. The molecule has 7 heteroatoms. The number of H-pyrrole nitrogens is 1. The molecule has 3 heterocycles. The largest absolute Gasteiger partial charge is 0.335 e. The molecule has 0 aliphatic carbocycles. The van der Waals surface area contributed by atoms with Crippen molar-refractivity contribution in [1.82, 2.24) is 19.7 Å². The maximum Gasteiger partial charge on any atom is 0.224 e. The molecule has 1 aromatic carbocycles. The van der Waals surface area contributed by atoms with Gasteiger partial charge in [0.15, 0.2) is 10.6 Å². The van der Waals surface area contributed by atoms with E-state index < -0.39 is 0 Å². The first kappa shape index (κ1) is 18.1. The van der Waals surface area contributed by atoms with Crippen molar-refractivity contribution in [3.8, 4) is 11.4 Å². The molecule has 27 heavy (non-hydrogen) atoms. The van der Waals surface area contributed by atoms with Crippen LogP contribution in [0.4, 0.5) is 0 Å². The molecule has 1 aliphatic heterocycles. The van der Waals surface area contributed by atoms with Crippen molar-refractivity contribution in [2.75, 3.05) is 6.54 Å². The summed E-state index contributed by atoms with van der Waals surface area (Å²) in [5, 5.41) is 9.33. The molecule has 5 nitrogen and oxygen atoms in total. The van der Waals surface area contributed by atoms with Gasteiger partial charge in [0.05, 0.1) is 6.04 Å². The van der Waals surface area contributed by atoms with E-state index in [4.69, 9.17) is 12.2 Å². The average molecular weight is 399 g/mol. The molecule has 0 bridgehead atoms. The highest BCUT2D eigenvalue weighted by molar-refractivity contribution is 7.71. The van der Waals surface area contributed by atoms with Gasteiger partial charge in [-0.05, 0) is 49.5 Å². The summed E-state index contributed by atoms with van der Waals surface area (Å²) in [6.45, 7) is 3.42. The fourth-order valence-corrected chi connectivity index (χ4v) is 4.82. The van der Waals surface area contributed by atoms with Crippen molar-refractivity contribution in [3.05, 3.63) is 57.0 Å². The van der Waals surface area contributed by atoms with E-state index in [9.17, 15) is 4.79 Å². The molecule has 140 valence electrons. The number of aryl methyl sites for hydroxylation is 1. The number of rotatable bonds is 5. The van der Waals surface area contributed by atoms with E-state index in [1.165, 1.54) is 10.4 Å². The Hall–Kier alpha value is -2.25. The number of nitrogens with one attached hydrogen (secondary N) is 1. The van der Waals surface area contributed by atoms with Crippen LogP contribution >= 0.6 is 23.6 Å². The van der Waals surface area contributed by atoms with Crippen LogP contribution in [0.1, 0.15) is 35.7 Å². The van der Waals surface area contributed by atoms with Gasteiger partial charge in [-0.3, -0.25) is 14.5 Å². The molecule has 1 atom stereocenters. The van der Waals surface area contributed by atoms with Crippen LogP contribution in [-0.4, -0.2) is 32.1 Å². The summed E-state index contributed by atoms with van der Waals surface area (Å²) in [6, 6.07) is 12.6. The number of nitrogens with zero attached hydrogens (tertiary/aromatic N) is 3. The quantitative estimate of drug-likeness (QED) is 0.632. The molecule has 0 saturated carbocycles. The highest BCUT2D eigenvalue weighted by Crippen LogP contribution is 2.34. The topological polar surface area (TPSA) is 53.9 Å². The summed E-state index contributed by atoms with van der Waals surface area (Å²) < 4.78 is 2.48. The Labute approximate surface area is 167 Å². The van der Waals surface area contributed by atoms with Crippen molar-refractivity contribution in [2.24, 2.45) is 0 Å². The van der Waals surface area contributed by atoms with Crippen molar-refractivity contribution in [3.63, 3.8) is 0 Å². The second kappa shape index (κ2) is 7.78. The normalized spacial score (nSPS) is 16.8. The number of carbonyl (C=O) groups excluding carboxylic acids is 1. The Morgan fingerprint density at radius 2 is 2.26 bits per heavy atom. The molecule has 2 aromatic heterocycles. The van der Waals surface area contributed by atoms with Gasteiger partial charge in [0.1, 0.15) is 0 Å². The lowest BCUT2D eigenvalue weighted by atomic mass is 10.1. The number of aromatic amines is 1. The van der Waals surface area contributed by atoms with Crippen molar-refractivity contribution >= 4 is 29.5 Å². The Morgan fingerprint density at radius 3 is 3.04 bits per heavy atom. The van der Waals surface area contributed by atoms with Gasteiger partial charge in [-0.1, -0.05) is 29.8 Å². The number of thiophene rings is 1. The lowest BCUT2D eigenvalue weighted by molar-refractivity contribution is -0.132. The summed E-state index contributed by atoms with van der Waals surface area (Å²) in [7, 11) is 0. The number of amides is 1. The van der Waals surface area contributed by atoms with Crippen LogP contribution in [0.15, 0.2) is 41.8 Å². The van der Waals surface area contributed by atoms with E-state index in [1.54, 1.807) is 11.3 Å². The number of hydrogen-bond donors (Lipinski definition) is 1. The van der Waals surface area contributed by atoms with Gasteiger partial charge in [-0.25, -0.2) is 0 Å². The number of benzene rings is 1. The van der Waals surface area contributed by atoms with Crippen LogP contribution in [0.2, 0.25) is 0 Å².